The number of carbonyl (C=O) groups excluding carboxylic acids is 2. The maximum Gasteiger partial charge on any atom is 0.251 e. The van der Waals surface area contributed by atoms with Crippen molar-refractivity contribution in [1.29, 1.82) is 0 Å². The van der Waals surface area contributed by atoms with Gasteiger partial charge in [0.05, 0.1) is 13.2 Å². The average Bonchev–Trinajstić information content (AvgIpc) is 3.26. The molecule has 3 aliphatic heterocycles. The van der Waals surface area contributed by atoms with Gasteiger partial charge in [-0.1, -0.05) is 12.1 Å². The Morgan fingerprint density at radius 1 is 1.12 bits per heavy atom. The molecule has 0 aromatic heterocycles. The Kier molecular flexibility index (Phi) is 5.32. The van der Waals surface area contributed by atoms with Crippen LogP contribution in [-0.4, -0.2) is 54.6 Å². The molecule has 0 spiro atoms. The minimum Gasteiger partial charge on any atom is -0.497 e. The first-order chi connectivity index (χ1) is 15.6. The lowest BCUT2D eigenvalue weighted by molar-refractivity contribution is -0.137. The number of benzene rings is 2. The van der Waals surface area contributed by atoms with E-state index in [1.54, 1.807) is 37.7 Å². The first kappa shape index (κ1) is 20.2. The molecule has 0 bridgehead atoms. The summed E-state index contributed by atoms with van der Waals surface area (Å²) < 4.78 is 16.3. The molecule has 2 unspecified atom stereocenters. The number of methoxy groups -OCH3 is 1. The van der Waals surface area contributed by atoms with Crippen LogP contribution < -0.4 is 25.0 Å². The molecule has 0 radical (unpaired) electrons. The van der Waals surface area contributed by atoms with Gasteiger partial charge in [-0.15, -0.1) is 0 Å². The summed E-state index contributed by atoms with van der Waals surface area (Å²) in [6.45, 7) is 0.913. The summed E-state index contributed by atoms with van der Waals surface area (Å²) in [5, 5.41) is 4.63. The van der Waals surface area contributed by atoms with Crippen LogP contribution in [0.2, 0.25) is 0 Å². The van der Waals surface area contributed by atoms with Crippen molar-refractivity contribution >= 4 is 17.5 Å². The molecule has 5 rings (SSSR count). The number of hydrogen-bond acceptors (Lipinski definition) is 7. The van der Waals surface area contributed by atoms with E-state index in [1.807, 2.05) is 29.3 Å². The maximum absolute atomic E-state index is 13.0. The molecular formula is C23H24N4O5. The lowest BCUT2D eigenvalue weighted by Crippen LogP contribution is -2.49. The fraction of sp³-hybridized carbons (Fsp3) is 0.304. The summed E-state index contributed by atoms with van der Waals surface area (Å²) in [5.41, 5.74) is 5.02. The number of carbonyl (C=O) groups is 2. The van der Waals surface area contributed by atoms with Crippen molar-refractivity contribution in [3.8, 4) is 17.2 Å². The number of hydrogen-bond donors (Lipinski definition) is 2. The lowest BCUT2D eigenvalue weighted by atomic mass is 10.0. The van der Waals surface area contributed by atoms with Gasteiger partial charge in [0.25, 0.3) is 5.91 Å². The monoisotopic (exact) mass is 436 g/mol. The van der Waals surface area contributed by atoms with E-state index >= 15 is 0 Å². The molecule has 9 heteroatoms. The molecule has 1 saturated heterocycles. The highest BCUT2D eigenvalue weighted by Gasteiger charge is 2.40. The first-order valence-electron chi connectivity index (χ1n) is 10.5. The molecule has 3 aliphatic rings. The van der Waals surface area contributed by atoms with Gasteiger partial charge in [-0.25, -0.2) is 5.43 Å². The molecule has 2 atom stereocenters. The van der Waals surface area contributed by atoms with Crippen LogP contribution in [0, 0.1) is 0 Å². The number of nitrogens with zero attached hydrogens (tertiary/aromatic N) is 2. The largest absolute Gasteiger partial charge is 0.497 e. The number of ether oxygens (including phenoxy) is 3. The van der Waals surface area contributed by atoms with Crippen LogP contribution >= 0.6 is 0 Å². The Hall–Kier alpha value is -3.72. The van der Waals surface area contributed by atoms with Crippen LogP contribution in [-0.2, 0) is 9.59 Å². The number of anilines is 1. The van der Waals surface area contributed by atoms with Gasteiger partial charge in [0, 0.05) is 24.2 Å². The Bertz CT molecular complexity index is 1050. The third-order valence-electron chi connectivity index (χ3n) is 5.73. The molecule has 0 aliphatic carbocycles. The van der Waals surface area contributed by atoms with E-state index in [4.69, 9.17) is 14.2 Å². The zero-order valence-electron chi connectivity index (χ0n) is 17.6. The van der Waals surface area contributed by atoms with Gasteiger partial charge in [0.1, 0.15) is 31.5 Å². The fourth-order valence-electron chi connectivity index (χ4n) is 4.10. The van der Waals surface area contributed by atoms with E-state index in [9.17, 15) is 9.59 Å². The molecule has 0 saturated carbocycles. The third kappa shape index (κ3) is 3.94. The number of nitrogens with one attached hydrogen (secondary N) is 2. The second-order valence-corrected chi connectivity index (χ2v) is 7.78. The van der Waals surface area contributed by atoms with E-state index in [-0.39, 0.29) is 30.4 Å². The number of hydrazine groups is 1. The van der Waals surface area contributed by atoms with Crippen LogP contribution in [0.4, 0.5) is 5.69 Å². The van der Waals surface area contributed by atoms with Crippen LogP contribution in [0.1, 0.15) is 18.0 Å². The van der Waals surface area contributed by atoms with Gasteiger partial charge < -0.3 is 29.4 Å². The average molecular weight is 436 g/mol. The first-order valence-corrected chi connectivity index (χ1v) is 10.5. The van der Waals surface area contributed by atoms with Crippen LogP contribution in [0.15, 0.2) is 54.9 Å². The molecule has 2 aromatic carbocycles. The predicted molar refractivity (Wildman–Crippen MR) is 116 cm³/mol. The summed E-state index contributed by atoms with van der Waals surface area (Å²) in [6, 6.07) is 12.7. The smallest absolute Gasteiger partial charge is 0.251 e. The van der Waals surface area contributed by atoms with E-state index in [2.05, 4.69) is 10.7 Å². The van der Waals surface area contributed by atoms with E-state index in [0.717, 1.165) is 11.3 Å². The molecular weight excluding hydrogens is 412 g/mol. The second-order valence-electron chi connectivity index (χ2n) is 7.78. The van der Waals surface area contributed by atoms with E-state index < -0.39 is 0 Å². The van der Waals surface area contributed by atoms with Gasteiger partial charge in [-0.3, -0.25) is 9.59 Å². The zero-order valence-corrected chi connectivity index (χ0v) is 17.6. The van der Waals surface area contributed by atoms with E-state index in [1.165, 1.54) is 4.90 Å². The highest BCUT2D eigenvalue weighted by Crippen LogP contribution is 2.33. The minimum atomic E-state index is -0.366. The molecule has 32 heavy (non-hydrogen) atoms. The fourth-order valence-corrected chi connectivity index (χ4v) is 4.10. The van der Waals surface area contributed by atoms with E-state index in [0.29, 0.717) is 36.8 Å². The zero-order chi connectivity index (χ0) is 22.1. The standard InChI is InChI=1S/C23H24N4O5/c1-30-17-5-2-15(3-6-17)18-13-19-23(29)26(8-9-27(19)25-18)14-22(28)24-16-4-7-20-21(12-16)32-11-10-31-20/h2-9,12,18-19,25H,10-11,13-14H2,1H3,(H,24,28). The molecule has 2 N–H and O–H groups in total. The van der Waals surface area contributed by atoms with Crippen LogP contribution in [0.5, 0.6) is 17.2 Å². The highest BCUT2D eigenvalue weighted by atomic mass is 16.6. The Morgan fingerprint density at radius 3 is 2.69 bits per heavy atom. The van der Waals surface area contributed by atoms with Crippen LogP contribution in [0.25, 0.3) is 0 Å². The molecule has 2 aromatic rings. The number of amides is 2. The molecule has 166 valence electrons. The Morgan fingerprint density at radius 2 is 1.91 bits per heavy atom. The van der Waals surface area contributed by atoms with Crippen LogP contribution in [0.3, 0.4) is 0 Å². The lowest BCUT2D eigenvalue weighted by Gasteiger charge is -2.31. The van der Waals surface area contributed by atoms with Gasteiger partial charge in [0.2, 0.25) is 5.91 Å². The minimum absolute atomic E-state index is 0.00555. The van der Waals surface area contributed by atoms with Crippen molar-refractivity contribution in [2.24, 2.45) is 0 Å². The SMILES string of the molecule is COc1ccc(C2CC3C(=O)N(CC(=O)Nc4ccc5c(c4)OCCO5)C=CN3N2)cc1. The summed E-state index contributed by atoms with van der Waals surface area (Å²) >= 11 is 0. The Balaban J connectivity index is 1.20. The summed E-state index contributed by atoms with van der Waals surface area (Å²) in [5.74, 6) is 1.64. The maximum atomic E-state index is 13.0. The number of rotatable bonds is 5. The summed E-state index contributed by atoms with van der Waals surface area (Å²) in [4.78, 5) is 27.1. The molecule has 3 heterocycles. The van der Waals surface area contributed by atoms with Gasteiger partial charge >= 0.3 is 0 Å². The normalized spacial score (nSPS) is 21.3. The predicted octanol–water partition coefficient (Wildman–Crippen LogP) is 2.04. The molecule has 9 nitrogen and oxygen atoms in total. The quantitative estimate of drug-likeness (QED) is 0.741. The van der Waals surface area contributed by atoms with Crippen molar-refractivity contribution in [2.75, 3.05) is 32.2 Å². The number of fused-ring (bicyclic) bond motifs is 2. The van der Waals surface area contributed by atoms with Gasteiger partial charge in [0.15, 0.2) is 11.5 Å². The van der Waals surface area contributed by atoms with Crippen molar-refractivity contribution in [1.82, 2.24) is 15.3 Å². The van der Waals surface area contributed by atoms with Crippen molar-refractivity contribution in [2.45, 2.75) is 18.5 Å². The summed E-state index contributed by atoms with van der Waals surface area (Å²) in [6.07, 6.45) is 4.04. The summed E-state index contributed by atoms with van der Waals surface area (Å²) in [7, 11) is 1.63. The highest BCUT2D eigenvalue weighted by molar-refractivity contribution is 5.96. The second kappa shape index (κ2) is 8.43. The molecule has 2 amide bonds. The third-order valence-corrected chi connectivity index (χ3v) is 5.73. The van der Waals surface area contributed by atoms with Crippen molar-refractivity contribution in [3.05, 3.63) is 60.4 Å². The van der Waals surface area contributed by atoms with Crippen molar-refractivity contribution in [3.63, 3.8) is 0 Å². The van der Waals surface area contributed by atoms with Gasteiger partial charge in [-0.05, 0) is 36.2 Å². The van der Waals surface area contributed by atoms with Gasteiger partial charge in [-0.2, -0.15) is 0 Å². The van der Waals surface area contributed by atoms with Crippen molar-refractivity contribution < 1.29 is 23.8 Å². The molecule has 1 fully saturated rings. The topological polar surface area (TPSA) is 92.4 Å². The Labute approximate surface area is 185 Å².